The molecule has 0 aliphatic carbocycles. The third-order valence-corrected chi connectivity index (χ3v) is 5.02. The lowest BCUT2D eigenvalue weighted by Gasteiger charge is -2.04. The van der Waals surface area contributed by atoms with Gasteiger partial charge < -0.3 is 5.32 Å². The van der Waals surface area contributed by atoms with Gasteiger partial charge in [0.15, 0.2) is 0 Å². The Morgan fingerprint density at radius 2 is 2.28 bits per heavy atom. The van der Waals surface area contributed by atoms with Crippen LogP contribution < -0.4 is 5.32 Å². The minimum absolute atomic E-state index is 0.0907. The molecule has 0 saturated carbocycles. The maximum atomic E-state index is 12.0. The van der Waals surface area contributed by atoms with E-state index in [9.17, 15) is 4.79 Å². The second kappa shape index (κ2) is 5.54. The Kier molecular flexibility index (Phi) is 4.24. The molecule has 1 N–H and O–H groups in total. The second-order valence-electron chi connectivity index (χ2n) is 3.80. The molecule has 7 heteroatoms. The zero-order valence-corrected chi connectivity index (χ0v) is 13.8. The van der Waals surface area contributed by atoms with Crippen LogP contribution in [-0.4, -0.2) is 15.7 Å². The highest BCUT2D eigenvalue weighted by Gasteiger charge is 2.14. The highest BCUT2D eigenvalue weighted by Crippen LogP contribution is 2.31. The van der Waals surface area contributed by atoms with E-state index in [-0.39, 0.29) is 5.91 Å². The van der Waals surface area contributed by atoms with Gasteiger partial charge >= 0.3 is 0 Å². The Morgan fingerprint density at radius 3 is 2.78 bits per heavy atom. The fourth-order valence-electron chi connectivity index (χ4n) is 1.48. The van der Waals surface area contributed by atoms with Crippen molar-refractivity contribution in [2.45, 2.75) is 13.5 Å². The molecule has 0 radical (unpaired) electrons. The predicted octanol–water partition coefficient (Wildman–Crippen LogP) is 3.25. The third kappa shape index (κ3) is 2.84. The zero-order chi connectivity index (χ0) is 13.3. The lowest BCUT2D eigenvalue weighted by Crippen LogP contribution is -2.22. The lowest BCUT2D eigenvalue weighted by atomic mass is 10.2. The summed E-state index contributed by atoms with van der Waals surface area (Å²) >= 11 is 8.21. The summed E-state index contributed by atoms with van der Waals surface area (Å²) in [5.41, 5.74) is 2.73. The highest BCUT2D eigenvalue weighted by molar-refractivity contribution is 9.12. The van der Waals surface area contributed by atoms with E-state index in [1.807, 2.05) is 14.0 Å². The molecule has 0 fully saturated rings. The molecule has 18 heavy (non-hydrogen) atoms. The average molecular weight is 393 g/mol. The first kappa shape index (κ1) is 13.8. The van der Waals surface area contributed by atoms with Gasteiger partial charge in [-0.3, -0.25) is 9.48 Å². The van der Waals surface area contributed by atoms with Crippen molar-refractivity contribution in [3.63, 3.8) is 0 Å². The number of thiophene rings is 1. The van der Waals surface area contributed by atoms with E-state index >= 15 is 0 Å². The zero-order valence-electron chi connectivity index (χ0n) is 9.83. The standard InChI is InChI=1S/C11H11Br2N3OS/c1-6-7(5-15-16(6)2)4-14-11(17)8-3-9(12)18-10(8)13/h3,5H,4H2,1-2H3,(H,14,17). The number of amides is 1. The number of hydrogen-bond donors (Lipinski definition) is 1. The normalized spacial score (nSPS) is 10.7. The minimum atomic E-state index is -0.0907. The van der Waals surface area contributed by atoms with Crippen molar-refractivity contribution in [3.05, 3.63) is 36.7 Å². The monoisotopic (exact) mass is 391 g/mol. The van der Waals surface area contributed by atoms with Gasteiger partial charge in [0, 0.05) is 24.8 Å². The van der Waals surface area contributed by atoms with Gasteiger partial charge in [0.2, 0.25) is 0 Å². The summed E-state index contributed by atoms with van der Waals surface area (Å²) < 4.78 is 3.55. The molecule has 0 spiro atoms. The fraction of sp³-hybridized carbons (Fsp3) is 0.273. The van der Waals surface area contributed by atoms with Gasteiger partial charge in [0.05, 0.1) is 19.3 Å². The van der Waals surface area contributed by atoms with Crippen LogP contribution in [0.1, 0.15) is 21.6 Å². The lowest BCUT2D eigenvalue weighted by molar-refractivity contribution is 0.0950. The first-order valence-electron chi connectivity index (χ1n) is 5.19. The third-order valence-electron chi connectivity index (χ3n) is 2.68. The van der Waals surface area contributed by atoms with Crippen LogP contribution in [0.25, 0.3) is 0 Å². The number of hydrogen-bond acceptors (Lipinski definition) is 3. The molecule has 0 aromatic carbocycles. The van der Waals surface area contributed by atoms with E-state index in [4.69, 9.17) is 0 Å². The highest BCUT2D eigenvalue weighted by atomic mass is 79.9. The summed E-state index contributed by atoms with van der Waals surface area (Å²) in [6, 6.07) is 1.81. The van der Waals surface area contributed by atoms with E-state index in [1.165, 1.54) is 11.3 Å². The van der Waals surface area contributed by atoms with Crippen LogP contribution in [0, 0.1) is 6.92 Å². The van der Waals surface area contributed by atoms with Gasteiger partial charge in [0.25, 0.3) is 5.91 Å². The first-order chi connectivity index (χ1) is 8.49. The molecule has 2 rings (SSSR count). The van der Waals surface area contributed by atoms with Crippen molar-refractivity contribution in [2.24, 2.45) is 7.05 Å². The molecule has 0 aliphatic heterocycles. The maximum Gasteiger partial charge on any atom is 0.253 e. The second-order valence-corrected chi connectivity index (χ2v) is 7.55. The summed E-state index contributed by atoms with van der Waals surface area (Å²) in [4.78, 5) is 12.0. The molecule has 4 nitrogen and oxygen atoms in total. The Bertz CT molecular complexity index is 591. The van der Waals surface area contributed by atoms with Crippen LogP contribution in [0.5, 0.6) is 0 Å². The quantitative estimate of drug-likeness (QED) is 0.871. The van der Waals surface area contributed by atoms with Gasteiger partial charge in [-0.2, -0.15) is 5.10 Å². The van der Waals surface area contributed by atoms with Gasteiger partial charge in [-0.25, -0.2) is 0 Å². The van der Waals surface area contributed by atoms with Crippen LogP contribution in [0.15, 0.2) is 19.8 Å². The topological polar surface area (TPSA) is 46.9 Å². The molecule has 0 aliphatic rings. The summed E-state index contributed by atoms with van der Waals surface area (Å²) in [6.45, 7) is 2.46. The molecule has 2 heterocycles. The number of aryl methyl sites for hydroxylation is 1. The number of aromatic nitrogens is 2. The van der Waals surface area contributed by atoms with Crippen LogP contribution in [0.4, 0.5) is 0 Å². The van der Waals surface area contributed by atoms with Crippen molar-refractivity contribution in [1.29, 1.82) is 0 Å². The Morgan fingerprint density at radius 1 is 1.56 bits per heavy atom. The largest absolute Gasteiger partial charge is 0.348 e. The molecule has 0 bridgehead atoms. The van der Waals surface area contributed by atoms with Crippen molar-refractivity contribution >= 4 is 49.1 Å². The molecular formula is C11H11Br2N3OS. The van der Waals surface area contributed by atoms with Gasteiger partial charge in [-0.1, -0.05) is 0 Å². The molecule has 2 aromatic rings. The van der Waals surface area contributed by atoms with Crippen molar-refractivity contribution < 1.29 is 4.79 Å². The number of carbonyl (C=O) groups excluding carboxylic acids is 1. The van der Waals surface area contributed by atoms with E-state index in [0.717, 1.165) is 18.8 Å². The smallest absolute Gasteiger partial charge is 0.253 e. The summed E-state index contributed by atoms with van der Waals surface area (Å²) in [7, 11) is 1.88. The fourth-order valence-corrected chi connectivity index (χ4v) is 4.28. The number of nitrogens with one attached hydrogen (secondary N) is 1. The maximum absolute atomic E-state index is 12.0. The van der Waals surface area contributed by atoms with Crippen LogP contribution in [0.2, 0.25) is 0 Å². The number of carbonyl (C=O) groups is 1. The SMILES string of the molecule is Cc1c(CNC(=O)c2cc(Br)sc2Br)cnn1C. The van der Waals surface area contributed by atoms with Crippen molar-refractivity contribution in [1.82, 2.24) is 15.1 Å². The molecule has 2 aromatic heterocycles. The average Bonchev–Trinajstić information content (AvgIpc) is 2.81. The summed E-state index contributed by atoms with van der Waals surface area (Å²) in [5, 5.41) is 7.03. The summed E-state index contributed by atoms with van der Waals surface area (Å²) in [6.07, 6.45) is 1.77. The number of nitrogens with zero attached hydrogens (tertiary/aromatic N) is 2. The van der Waals surface area contributed by atoms with E-state index in [2.05, 4.69) is 42.3 Å². The summed E-state index contributed by atoms with van der Waals surface area (Å²) in [5.74, 6) is -0.0907. The molecule has 0 atom stereocenters. The molecule has 0 unspecified atom stereocenters. The van der Waals surface area contributed by atoms with E-state index in [1.54, 1.807) is 16.9 Å². The Hall–Kier alpha value is -0.660. The number of halogens is 2. The Balaban J connectivity index is 2.05. The van der Waals surface area contributed by atoms with Crippen molar-refractivity contribution in [2.75, 3.05) is 0 Å². The van der Waals surface area contributed by atoms with Crippen LogP contribution in [0.3, 0.4) is 0 Å². The van der Waals surface area contributed by atoms with Gasteiger partial charge in [-0.05, 0) is 44.8 Å². The molecule has 1 amide bonds. The van der Waals surface area contributed by atoms with E-state index in [0.29, 0.717) is 12.1 Å². The van der Waals surface area contributed by atoms with Gasteiger partial charge in [0.1, 0.15) is 0 Å². The Labute approximate surface area is 126 Å². The van der Waals surface area contributed by atoms with Crippen molar-refractivity contribution in [3.8, 4) is 0 Å². The van der Waals surface area contributed by atoms with E-state index < -0.39 is 0 Å². The van der Waals surface area contributed by atoms with Crippen LogP contribution >= 0.6 is 43.2 Å². The minimum Gasteiger partial charge on any atom is -0.348 e. The molecular weight excluding hydrogens is 382 g/mol. The van der Waals surface area contributed by atoms with Gasteiger partial charge in [-0.15, -0.1) is 11.3 Å². The predicted molar refractivity (Wildman–Crippen MR) is 78.8 cm³/mol. The van der Waals surface area contributed by atoms with Crippen LogP contribution in [-0.2, 0) is 13.6 Å². The number of rotatable bonds is 3. The first-order valence-corrected chi connectivity index (χ1v) is 7.59. The molecule has 96 valence electrons. The molecule has 0 saturated heterocycles.